The highest BCUT2D eigenvalue weighted by Gasteiger charge is 2.15. The van der Waals surface area contributed by atoms with Crippen molar-refractivity contribution < 1.29 is 4.74 Å². The first-order chi connectivity index (χ1) is 13.5. The molecule has 164 valence electrons. The van der Waals surface area contributed by atoms with Crippen molar-refractivity contribution in [2.24, 2.45) is 23.7 Å². The molecule has 0 aromatic carbocycles. The molecule has 0 bridgehead atoms. The van der Waals surface area contributed by atoms with Crippen LogP contribution >= 0.6 is 0 Å². The van der Waals surface area contributed by atoms with E-state index >= 15 is 0 Å². The van der Waals surface area contributed by atoms with Crippen molar-refractivity contribution in [2.45, 2.75) is 73.6 Å². The Hall–Kier alpha value is -1.76. The van der Waals surface area contributed by atoms with Crippen molar-refractivity contribution in [3.05, 3.63) is 72.6 Å². The lowest BCUT2D eigenvalue weighted by atomic mass is 9.83. The third kappa shape index (κ3) is 11.1. The van der Waals surface area contributed by atoms with E-state index in [1.807, 2.05) is 12.2 Å². The molecule has 0 rings (SSSR count). The Morgan fingerprint density at radius 2 is 1.38 bits per heavy atom. The molecule has 0 spiro atoms. The molecule has 0 fully saturated rings. The molecule has 3 atom stereocenters. The van der Waals surface area contributed by atoms with Crippen LogP contribution in [0, 0.1) is 23.7 Å². The third-order valence-electron chi connectivity index (χ3n) is 6.11. The van der Waals surface area contributed by atoms with Crippen molar-refractivity contribution in [1.29, 1.82) is 0 Å². The van der Waals surface area contributed by atoms with Gasteiger partial charge in [-0.25, -0.2) is 0 Å². The van der Waals surface area contributed by atoms with Gasteiger partial charge in [-0.15, -0.1) is 0 Å². The number of hydrogen-bond donors (Lipinski definition) is 0. The second-order valence-corrected chi connectivity index (χ2v) is 9.01. The van der Waals surface area contributed by atoms with E-state index in [1.165, 1.54) is 36.8 Å². The van der Waals surface area contributed by atoms with Gasteiger partial charge in [0.05, 0.1) is 7.11 Å². The van der Waals surface area contributed by atoms with E-state index in [9.17, 15) is 0 Å². The highest BCUT2D eigenvalue weighted by molar-refractivity contribution is 5.51. The maximum Gasteiger partial charge on any atom is 0.111 e. The number of rotatable bonds is 15. The quantitative estimate of drug-likeness (QED) is 0.198. The second kappa shape index (κ2) is 14.3. The number of hydrogen-bond acceptors (Lipinski definition) is 1. The summed E-state index contributed by atoms with van der Waals surface area (Å²) in [5.41, 5.74) is 4.21. The summed E-state index contributed by atoms with van der Waals surface area (Å²) in [6.07, 6.45) is 11.9. The predicted octanol–water partition coefficient (Wildman–Crippen LogP) is 8.83. The fourth-order valence-electron chi connectivity index (χ4n) is 3.20. The Bertz CT molecular complexity index is 614. The van der Waals surface area contributed by atoms with Crippen LogP contribution in [-0.4, -0.2) is 7.11 Å². The Balaban J connectivity index is 4.83. The first-order valence-corrected chi connectivity index (χ1v) is 11.2. The van der Waals surface area contributed by atoms with E-state index < -0.39 is 0 Å². The van der Waals surface area contributed by atoms with Crippen molar-refractivity contribution in [2.75, 3.05) is 7.11 Å². The van der Waals surface area contributed by atoms with E-state index in [0.29, 0.717) is 11.7 Å². The van der Waals surface area contributed by atoms with Gasteiger partial charge in [0.1, 0.15) is 5.76 Å². The predicted molar refractivity (Wildman–Crippen MR) is 132 cm³/mol. The Labute approximate surface area is 182 Å². The van der Waals surface area contributed by atoms with E-state index in [0.717, 1.165) is 35.3 Å². The van der Waals surface area contributed by atoms with Gasteiger partial charge < -0.3 is 4.74 Å². The fraction of sp³-hybridized carbons (Fsp3) is 0.571. The van der Waals surface area contributed by atoms with Gasteiger partial charge in [0.15, 0.2) is 0 Å². The first kappa shape index (κ1) is 27.2. The standard InChI is InChI=1S/C28H46O/c1-12-28(27(10)24(7)17-18-26(9)29-11)19-25(8)23(6)16-15-22(5)21(4)14-13-20(2)3/h17-23H,7-10,12-16H2,1-6,11H3/b18-17-,28-19-. The van der Waals surface area contributed by atoms with Crippen LogP contribution in [0.3, 0.4) is 0 Å². The summed E-state index contributed by atoms with van der Waals surface area (Å²) >= 11 is 0. The molecule has 0 aromatic heterocycles. The molecule has 0 saturated carbocycles. The van der Waals surface area contributed by atoms with Crippen LogP contribution in [0.1, 0.15) is 73.6 Å². The minimum absolute atomic E-state index is 0.473. The molecule has 29 heavy (non-hydrogen) atoms. The van der Waals surface area contributed by atoms with Crippen LogP contribution in [0.2, 0.25) is 0 Å². The van der Waals surface area contributed by atoms with E-state index in [1.54, 1.807) is 7.11 Å². The summed E-state index contributed by atoms with van der Waals surface area (Å²) in [6, 6.07) is 0. The number of methoxy groups -OCH3 is 1. The maximum atomic E-state index is 5.07. The van der Waals surface area contributed by atoms with Crippen LogP contribution in [0.4, 0.5) is 0 Å². The van der Waals surface area contributed by atoms with Gasteiger partial charge in [0, 0.05) is 0 Å². The lowest BCUT2D eigenvalue weighted by molar-refractivity contribution is 0.306. The molecular weight excluding hydrogens is 352 g/mol. The van der Waals surface area contributed by atoms with Gasteiger partial charge in [-0.3, -0.25) is 0 Å². The van der Waals surface area contributed by atoms with Crippen molar-refractivity contribution in [1.82, 2.24) is 0 Å². The fourth-order valence-corrected chi connectivity index (χ4v) is 3.20. The SMILES string of the molecule is C=C(/C=C\C(=C)C(=C)/C(=C\C(=C)C(C)CCC(C)C(C)CCC(C)C)CC)OC. The van der Waals surface area contributed by atoms with E-state index in [2.05, 4.69) is 73.9 Å². The van der Waals surface area contributed by atoms with Gasteiger partial charge in [-0.05, 0) is 65.7 Å². The lowest BCUT2D eigenvalue weighted by Crippen LogP contribution is -2.11. The lowest BCUT2D eigenvalue weighted by Gasteiger charge is -2.23. The minimum Gasteiger partial charge on any atom is -0.497 e. The molecule has 0 saturated heterocycles. The summed E-state index contributed by atoms with van der Waals surface area (Å²) in [5.74, 6) is 3.42. The molecule has 0 aliphatic rings. The second-order valence-electron chi connectivity index (χ2n) is 9.01. The average molecular weight is 399 g/mol. The molecule has 1 nitrogen and oxygen atoms in total. The summed E-state index contributed by atoms with van der Waals surface area (Å²) < 4.78 is 5.07. The normalized spacial score (nSPS) is 15.2. The van der Waals surface area contributed by atoms with Crippen LogP contribution in [0.15, 0.2) is 72.6 Å². The van der Waals surface area contributed by atoms with Gasteiger partial charge in [-0.2, -0.15) is 0 Å². The summed E-state index contributed by atoms with van der Waals surface area (Å²) in [4.78, 5) is 0. The molecule has 1 heteroatoms. The molecule has 0 aliphatic heterocycles. The smallest absolute Gasteiger partial charge is 0.111 e. The molecule has 0 N–H and O–H groups in total. The van der Waals surface area contributed by atoms with Crippen LogP contribution < -0.4 is 0 Å². The highest BCUT2D eigenvalue weighted by atomic mass is 16.5. The van der Waals surface area contributed by atoms with Crippen molar-refractivity contribution >= 4 is 0 Å². The number of allylic oxidation sites excluding steroid dienone is 7. The highest BCUT2D eigenvalue weighted by Crippen LogP contribution is 2.29. The van der Waals surface area contributed by atoms with Crippen LogP contribution in [0.25, 0.3) is 0 Å². The van der Waals surface area contributed by atoms with Crippen molar-refractivity contribution in [3.8, 4) is 0 Å². The molecule has 0 aromatic rings. The van der Waals surface area contributed by atoms with Gasteiger partial charge in [0.25, 0.3) is 0 Å². The van der Waals surface area contributed by atoms with E-state index in [-0.39, 0.29) is 0 Å². The topological polar surface area (TPSA) is 9.23 Å². The molecule has 0 aliphatic carbocycles. The Morgan fingerprint density at radius 1 is 0.828 bits per heavy atom. The molecule has 0 amide bonds. The zero-order chi connectivity index (χ0) is 22.6. The largest absolute Gasteiger partial charge is 0.497 e. The summed E-state index contributed by atoms with van der Waals surface area (Å²) in [5, 5.41) is 0. The third-order valence-corrected chi connectivity index (χ3v) is 6.11. The Morgan fingerprint density at radius 3 is 1.86 bits per heavy atom. The summed E-state index contributed by atoms with van der Waals surface area (Å²) in [6.45, 7) is 30.4. The maximum absolute atomic E-state index is 5.07. The van der Waals surface area contributed by atoms with Crippen LogP contribution in [0.5, 0.6) is 0 Å². The molecule has 3 unspecified atom stereocenters. The van der Waals surface area contributed by atoms with Gasteiger partial charge >= 0.3 is 0 Å². The van der Waals surface area contributed by atoms with E-state index in [4.69, 9.17) is 4.74 Å². The van der Waals surface area contributed by atoms with Gasteiger partial charge in [-0.1, -0.05) is 98.4 Å². The van der Waals surface area contributed by atoms with Crippen molar-refractivity contribution in [3.63, 3.8) is 0 Å². The number of ether oxygens (including phenoxy) is 1. The zero-order valence-electron chi connectivity index (χ0n) is 20.3. The van der Waals surface area contributed by atoms with Gasteiger partial charge in [0.2, 0.25) is 0 Å². The zero-order valence-corrected chi connectivity index (χ0v) is 20.3. The van der Waals surface area contributed by atoms with Crippen LogP contribution in [-0.2, 0) is 4.74 Å². The molecule has 0 radical (unpaired) electrons. The molecular formula is C28H46O. The summed E-state index contributed by atoms with van der Waals surface area (Å²) in [7, 11) is 1.61. The first-order valence-electron chi connectivity index (χ1n) is 11.2. The average Bonchev–Trinajstić information content (AvgIpc) is 2.70. The molecule has 0 heterocycles. The minimum atomic E-state index is 0.473. The monoisotopic (exact) mass is 398 g/mol. The Kier molecular flexibility index (Phi) is 13.4.